The monoisotopic (exact) mass is 488 g/mol. The zero-order valence-corrected chi connectivity index (χ0v) is 20.0. The van der Waals surface area contributed by atoms with Gasteiger partial charge in [0.05, 0.1) is 6.42 Å². The van der Waals surface area contributed by atoms with Crippen LogP contribution in [0.1, 0.15) is 30.9 Å². The van der Waals surface area contributed by atoms with Crippen LogP contribution >= 0.6 is 11.8 Å². The van der Waals surface area contributed by atoms with Crippen molar-refractivity contribution in [2.24, 2.45) is 0 Å². The number of likely N-dealkylation sites (tertiary alicyclic amines) is 1. The summed E-state index contributed by atoms with van der Waals surface area (Å²) in [5, 5.41) is -0.606. The topological polar surface area (TPSA) is 83.7 Å². The molecule has 2 aromatic rings. The Morgan fingerprint density at radius 3 is 2.67 bits per heavy atom. The number of carbonyl (C=O) groups excluding carboxylic acids is 1. The number of thioether (sulfide) groups is 1. The standard InChI is InChI=1S/C23H25FN4O3S2/c1-14(2)19-7-16(24)8-20(15-4-5-26-22(6-15)25-3)21(19)9-23(29)27-33(30,31)18-10-28(11-18)17-12-32-13-17/h4-8,14,17-18H,9-13H2,1-2H3,(H,27,29). The first-order valence-electron chi connectivity index (χ1n) is 10.7. The van der Waals surface area contributed by atoms with Gasteiger partial charge >= 0.3 is 0 Å². The number of benzene rings is 1. The van der Waals surface area contributed by atoms with Gasteiger partial charge in [0, 0.05) is 30.6 Å². The van der Waals surface area contributed by atoms with Crippen molar-refractivity contribution in [1.29, 1.82) is 0 Å². The number of nitrogens with zero attached hydrogens (tertiary/aromatic N) is 3. The average molecular weight is 489 g/mol. The van der Waals surface area contributed by atoms with Crippen molar-refractivity contribution in [1.82, 2.24) is 14.6 Å². The highest BCUT2D eigenvalue weighted by Crippen LogP contribution is 2.33. The number of amides is 1. The number of nitrogens with one attached hydrogen (secondary N) is 1. The van der Waals surface area contributed by atoms with E-state index in [1.54, 1.807) is 6.07 Å². The number of pyridine rings is 1. The summed E-state index contributed by atoms with van der Waals surface area (Å²) in [6.07, 6.45) is 1.24. The summed E-state index contributed by atoms with van der Waals surface area (Å²) in [7, 11) is -3.79. The maximum Gasteiger partial charge on any atom is 0.270 e. The molecule has 1 N–H and O–H groups in total. The van der Waals surface area contributed by atoms with Gasteiger partial charge in [-0.3, -0.25) is 14.4 Å². The Labute approximate surface area is 197 Å². The summed E-state index contributed by atoms with van der Waals surface area (Å²) < 4.78 is 42.2. The molecule has 33 heavy (non-hydrogen) atoms. The van der Waals surface area contributed by atoms with Crippen molar-refractivity contribution in [3.8, 4) is 11.1 Å². The van der Waals surface area contributed by atoms with Crippen molar-refractivity contribution in [3.05, 3.63) is 58.8 Å². The van der Waals surface area contributed by atoms with Crippen molar-refractivity contribution in [3.63, 3.8) is 0 Å². The first-order valence-corrected chi connectivity index (χ1v) is 13.4. The minimum atomic E-state index is -3.79. The summed E-state index contributed by atoms with van der Waals surface area (Å²) in [5.74, 6) is 0.989. The van der Waals surface area contributed by atoms with Crippen LogP contribution < -0.4 is 4.72 Å². The van der Waals surface area contributed by atoms with Gasteiger partial charge in [0.25, 0.3) is 5.82 Å². The van der Waals surface area contributed by atoms with Gasteiger partial charge in [0.15, 0.2) is 0 Å². The van der Waals surface area contributed by atoms with Crippen LogP contribution in [-0.2, 0) is 21.2 Å². The molecule has 3 heterocycles. The molecule has 0 unspecified atom stereocenters. The second-order valence-electron chi connectivity index (χ2n) is 8.70. The normalized spacial score (nSPS) is 17.3. The van der Waals surface area contributed by atoms with Crippen molar-refractivity contribution >= 4 is 33.5 Å². The maximum absolute atomic E-state index is 14.5. The van der Waals surface area contributed by atoms with E-state index in [2.05, 4.69) is 19.5 Å². The molecule has 0 bridgehead atoms. The molecule has 1 amide bonds. The van der Waals surface area contributed by atoms with E-state index in [4.69, 9.17) is 6.57 Å². The summed E-state index contributed by atoms with van der Waals surface area (Å²) in [5.41, 5.74) is 2.17. The molecule has 0 spiro atoms. The lowest BCUT2D eigenvalue weighted by atomic mass is 9.88. The Hall–Kier alpha value is -2.48. The Morgan fingerprint density at radius 1 is 1.33 bits per heavy atom. The Balaban J connectivity index is 1.57. The van der Waals surface area contributed by atoms with Crippen molar-refractivity contribution in [2.45, 2.75) is 37.5 Å². The van der Waals surface area contributed by atoms with Crippen LogP contribution in [0.4, 0.5) is 10.2 Å². The summed E-state index contributed by atoms with van der Waals surface area (Å²) in [6, 6.07) is 6.31. The molecule has 174 valence electrons. The van der Waals surface area contributed by atoms with Gasteiger partial charge in [0.1, 0.15) is 17.3 Å². The fraction of sp³-hybridized carbons (Fsp3) is 0.435. The van der Waals surface area contributed by atoms with Crippen LogP contribution in [0.25, 0.3) is 16.0 Å². The van der Waals surface area contributed by atoms with Crippen molar-refractivity contribution in [2.75, 3.05) is 24.6 Å². The number of aromatic nitrogens is 1. The molecule has 4 rings (SSSR count). The van der Waals surface area contributed by atoms with E-state index in [1.807, 2.05) is 25.6 Å². The van der Waals surface area contributed by atoms with Crippen LogP contribution in [0.5, 0.6) is 0 Å². The van der Waals surface area contributed by atoms with Gasteiger partial charge in [-0.05, 0) is 52.4 Å². The first-order chi connectivity index (χ1) is 15.7. The number of halogens is 1. The van der Waals surface area contributed by atoms with E-state index in [-0.39, 0.29) is 18.2 Å². The van der Waals surface area contributed by atoms with Crippen LogP contribution in [0.3, 0.4) is 0 Å². The number of carbonyl (C=O) groups is 1. The SMILES string of the molecule is [C-]#[N+]c1cc(-c2cc(F)cc(C(C)C)c2CC(=O)NS(=O)(=O)C2CN(C3CSC3)C2)ccn1. The fourth-order valence-corrected chi connectivity index (χ4v) is 6.31. The number of hydrogen-bond acceptors (Lipinski definition) is 6. The third kappa shape index (κ3) is 5.05. The Kier molecular flexibility index (Phi) is 6.75. The summed E-state index contributed by atoms with van der Waals surface area (Å²) in [4.78, 5) is 22.3. The molecule has 2 aliphatic heterocycles. The van der Waals surface area contributed by atoms with Crippen LogP contribution in [0.15, 0.2) is 30.5 Å². The molecule has 1 aromatic heterocycles. The van der Waals surface area contributed by atoms with E-state index in [0.29, 0.717) is 41.4 Å². The minimum absolute atomic E-state index is 0.0958. The fourth-order valence-electron chi connectivity index (χ4n) is 4.11. The van der Waals surface area contributed by atoms with E-state index in [0.717, 1.165) is 11.5 Å². The van der Waals surface area contributed by atoms with Gasteiger partial charge in [0.2, 0.25) is 15.9 Å². The summed E-state index contributed by atoms with van der Waals surface area (Å²) >= 11 is 1.84. The second-order valence-corrected chi connectivity index (χ2v) is 11.7. The molecule has 0 saturated carbocycles. The second kappa shape index (κ2) is 9.41. The molecule has 1 aromatic carbocycles. The lowest BCUT2D eigenvalue weighted by molar-refractivity contribution is -0.118. The predicted octanol–water partition coefficient (Wildman–Crippen LogP) is 3.35. The van der Waals surface area contributed by atoms with Gasteiger partial charge in [-0.15, -0.1) is 4.98 Å². The average Bonchev–Trinajstić information content (AvgIpc) is 2.69. The van der Waals surface area contributed by atoms with Crippen LogP contribution in [0, 0.1) is 12.4 Å². The highest BCUT2D eigenvalue weighted by molar-refractivity contribution is 8.00. The molecular weight excluding hydrogens is 463 g/mol. The molecule has 2 aliphatic rings. The predicted molar refractivity (Wildman–Crippen MR) is 127 cm³/mol. The largest absolute Gasteiger partial charge is 0.361 e. The molecule has 7 nitrogen and oxygen atoms in total. The third-order valence-electron chi connectivity index (χ3n) is 6.09. The van der Waals surface area contributed by atoms with Gasteiger partial charge in [-0.1, -0.05) is 20.4 Å². The van der Waals surface area contributed by atoms with E-state index < -0.39 is 27.0 Å². The zero-order valence-electron chi connectivity index (χ0n) is 18.4. The lowest BCUT2D eigenvalue weighted by Gasteiger charge is -2.46. The molecule has 0 atom stereocenters. The molecule has 0 radical (unpaired) electrons. The minimum Gasteiger partial charge on any atom is -0.361 e. The number of sulfonamides is 1. The molecule has 0 aliphatic carbocycles. The number of hydrogen-bond donors (Lipinski definition) is 1. The molecule has 2 saturated heterocycles. The quantitative estimate of drug-likeness (QED) is 0.602. The molecule has 10 heteroatoms. The van der Waals surface area contributed by atoms with Crippen LogP contribution in [0.2, 0.25) is 0 Å². The van der Waals surface area contributed by atoms with Crippen LogP contribution in [-0.4, -0.2) is 60.1 Å². The van der Waals surface area contributed by atoms with Gasteiger partial charge < -0.3 is 4.85 Å². The van der Waals surface area contributed by atoms with Gasteiger partial charge in [-0.25, -0.2) is 12.8 Å². The van der Waals surface area contributed by atoms with E-state index >= 15 is 0 Å². The first kappa shape index (κ1) is 23.7. The Morgan fingerprint density at radius 2 is 2.06 bits per heavy atom. The smallest absolute Gasteiger partial charge is 0.270 e. The maximum atomic E-state index is 14.5. The van der Waals surface area contributed by atoms with E-state index in [9.17, 15) is 17.6 Å². The third-order valence-corrected chi connectivity index (χ3v) is 9.02. The van der Waals surface area contributed by atoms with E-state index in [1.165, 1.54) is 24.4 Å². The zero-order chi connectivity index (χ0) is 23.8. The highest BCUT2D eigenvalue weighted by Gasteiger charge is 2.42. The summed E-state index contributed by atoms with van der Waals surface area (Å²) in [6.45, 7) is 11.8. The lowest BCUT2D eigenvalue weighted by Crippen LogP contribution is -2.63. The van der Waals surface area contributed by atoms with Gasteiger partial charge in [-0.2, -0.15) is 11.8 Å². The number of rotatable bonds is 7. The van der Waals surface area contributed by atoms with Crippen molar-refractivity contribution < 1.29 is 17.6 Å². The highest BCUT2D eigenvalue weighted by atomic mass is 32.2. The molecular formula is C23H25FN4O3S2. The molecule has 2 fully saturated rings. The Bertz CT molecular complexity index is 1220.